The molecule has 18 heavy (non-hydrogen) atoms. The summed E-state index contributed by atoms with van der Waals surface area (Å²) in [7, 11) is 0. The van der Waals surface area contributed by atoms with Crippen molar-refractivity contribution >= 4 is 11.3 Å². The molecule has 0 radical (unpaired) electrons. The van der Waals surface area contributed by atoms with Gasteiger partial charge in [-0.15, -0.1) is 11.3 Å². The molecule has 2 aromatic rings. The fraction of sp³-hybridized carbons (Fsp3) is 0.538. The molecule has 98 valence electrons. The van der Waals surface area contributed by atoms with Gasteiger partial charge < -0.3 is 9.88 Å². The van der Waals surface area contributed by atoms with Crippen molar-refractivity contribution in [3.8, 4) is 0 Å². The van der Waals surface area contributed by atoms with E-state index in [9.17, 15) is 0 Å². The number of nitrogens with zero attached hydrogens (tertiary/aromatic N) is 3. The topological polar surface area (TPSA) is 42.7 Å². The van der Waals surface area contributed by atoms with Gasteiger partial charge in [0, 0.05) is 43.3 Å². The molecule has 0 aliphatic heterocycles. The third-order valence-electron chi connectivity index (χ3n) is 2.84. The van der Waals surface area contributed by atoms with Crippen LogP contribution in [0.3, 0.4) is 0 Å². The minimum Gasteiger partial charge on any atom is -0.336 e. The van der Waals surface area contributed by atoms with Gasteiger partial charge >= 0.3 is 0 Å². The molecule has 0 amide bonds. The highest BCUT2D eigenvalue weighted by molar-refractivity contribution is 7.09. The van der Waals surface area contributed by atoms with Gasteiger partial charge in [-0.2, -0.15) is 0 Å². The second-order valence-electron chi connectivity index (χ2n) is 4.45. The number of hydrogen-bond acceptors (Lipinski definition) is 4. The number of imidazole rings is 1. The molecule has 0 saturated carbocycles. The molecule has 5 heteroatoms. The zero-order valence-corrected chi connectivity index (χ0v) is 11.8. The summed E-state index contributed by atoms with van der Waals surface area (Å²) in [5, 5.41) is 6.90. The van der Waals surface area contributed by atoms with Gasteiger partial charge in [-0.3, -0.25) is 0 Å². The summed E-state index contributed by atoms with van der Waals surface area (Å²) in [4.78, 5) is 8.61. The van der Waals surface area contributed by atoms with Crippen molar-refractivity contribution in [2.24, 2.45) is 0 Å². The smallest absolute Gasteiger partial charge is 0.0946 e. The molecular weight excluding hydrogens is 244 g/mol. The van der Waals surface area contributed by atoms with Gasteiger partial charge in [0.25, 0.3) is 0 Å². The molecule has 2 rings (SSSR count). The van der Waals surface area contributed by atoms with Crippen LogP contribution in [0.15, 0.2) is 24.1 Å². The standard InChI is InChI=1S/C13H20N4S/c1-3-12-9-18-13(16-12)4-5-15-11(2)8-17-7-6-14-10-17/h6-7,9-11,15H,3-5,8H2,1-2H3/t11-/m0/s1. The van der Waals surface area contributed by atoms with E-state index in [1.807, 2.05) is 18.7 Å². The molecule has 0 saturated heterocycles. The van der Waals surface area contributed by atoms with Crippen LogP contribution >= 0.6 is 11.3 Å². The van der Waals surface area contributed by atoms with Crippen molar-refractivity contribution in [2.75, 3.05) is 6.54 Å². The first kappa shape index (κ1) is 13.2. The first-order chi connectivity index (χ1) is 8.78. The summed E-state index contributed by atoms with van der Waals surface area (Å²) in [5.41, 5.74) is 1.21. The molecule has 2 aromatic heterocycles. The Bertz CT molecular complexity index is 449. The zero-order chi connectivity index (χ0) is 12.8. The van der Waals surface area contributed by atoms with Crippen LogP contribution in [0.1, 0.15) is 24.5 Å². The average Bonchev–Trinajstić information content (AvgIpc) is 3.00. The monoisotopic (exact) mass is 264 g/mol. The van der Waals surface area contributed by atoms with Crippen molar-refractivity contribution in [2.45, 2.75) is 39.3 Å². The Balaban J connectivity index is 1.68. The van der Waals surface area contributed by atoms with E-state index >= 15 is 0 Å². The van der Waals surface area contributed by atoms with Crippen LogP contribution in [-0.4, -0.2) is 27.1 Å². The van der Waals surface area contributed by atoms with Crippen LogP contribution < -0.4 is 5.32 Å². The number of nitrogens with one attached hydrogen (secondary N) is 1. The fourth-order valence-electron chi connectivity index (χ4n) is 1.83. The first-order valence-electron chi connectivity index (χ1n) is 6.40. The summed E-state index contributed by atoms with van der Waals surface area (Å²) in [6, 6.07) is 0.449. The van der Waals surface area contributed by atoms with Crippen LogP contribution in [0, 0.1) is 0 Å². The predicted molar refractivity (Wildman–Crippen MR) is 74.9 cm³/mol. The maximum absolute atomic E-state index is 4.56. The van der Waals surface area contributed by atoms with Crippen LogP contribution in [0.2, 0.25) is 0 Å². The molecule has 0 unspecified atom stereocenters. The van der Waals surface area contributed by atoms with Crippen LogP contribution in [0.4, 0.5) is 0 Å². The highest BCUT2D eigenvalue weighted by Crippen LogP contribution is 2.10. The number of aryl methyl sites for hydroxylation is 1. The number of rotatable bonds is 7. The second kappa shape index (κ2) is 6.66. The lowest BCUT2D eigenvalue weighted by Crippen LogP contribution is -2.31. The normalized spacial score (nSPS) is 12.8. The first-order valence-corrected chi connectivity index (χ1v) is 7.28. The lowest BCUT2D eigenvalue weighted by atomic mass is 10.3. The molecule has 0 bridgehead atoms. The number of thiazole rings is 1. The van der Waals surface area contributed by atoms with Crippen LogP contribution in [0.25, 0.3) is 0 Å². The van der Waals surface area contributed by atoms with E-state index in [-0.39, 0.29) is 0 Å². The summed E-state index contributed by atoms with van der Waals surface area (Å²) in [6.45, 7) is 6.27. The van der Waals surface area contributed by atoms with Gasteiger partial charge in [-0.05, 0) is 13.3 Å². The van der Waals surface area contributed by atoms with Crippen molar-refractivity contribution in [3.63, 3.8) is 0 Å². The van der Waals surface area contributed by atoms with E-state index in [2.05, 4.69) is 39.1 Å². The molecule has 1 N–H and O–H groups in total. The van der Waals surface area contributed by atoms with Gasteiger partial charge in [0.2, 0.25) is 0 Å². The van der Waals surface area contributed by atoms with E-state index in [4.69, 9.17) is 0 Å². The van der Waals surface area contributed by atoms with Crippen molar-refractivity contribution in [1.29, 1.82) is 0 Å². The van der Waals surface area contributed by atoms with Crippen LogP contribution in [-0.2, 0) is 19.4 Å². The summed E-state index contributed by atoms with van der Waals surface area (Å²) in [5.74, 6) is 0. The maximum atomic E-state index is 4.56. The SMILES string of the molecule is CCc1csc(CCN[C@@H](C)Cn2ccnc2)n1. The lowest BCUT2D eigenvalue weighted by molar-refractivity contribution is 0.479. The molecule has 0 spiro atoms. The Morgan fingerprint density at radius 2 is 2.39 bits per heavy atom. The van der Waals surface area contributed by atoms with E-state index in [1.54, 1.807) is 11.3 Å². The third-order valence-corrected chi connectivity index (χ3v) is 3.79. The molecule has 2 heterocycles. The molecule has 0 aliphatic carbocycles. The molecule has 1 atom stereocenters. The average molecular weight is 264 g/mol. The Kier molecular flexibility index (Phi) is 4.90. The molecular formula is C13H20N4S. The fourth-order valence-corrected chi connectivity index (χ4v) is 2.71. The Morgan fingerprint density at radius 1 is 1.50 bits per heavy atom. The van der Waals surface area contributed by atoms with Gasteiger partial charge in [-0.25, -0.2) is 9.97 Å². The maximum Gasteiger partial charge on any atom is 0.0946 e. The minimum absolute atomic E-state index is 0.449. The lowest BCUT2D eigenvalue weighted by Gasteiger charge is -2.13. The Labute approximate surface area is 112 Å². The van der Waals surface area contributed by atoms with Crippen molar-refractivity contribution < 1.29 is 0 Å². The van der Waals surface area contributed by atoms with E-state index in [1.165, 1.54) is 10.7 Å². The summed E-state index contributed by atoms with van der Waals surface area (Å²) >= 11 is 1.76. The highest BCUT2D eigenvalue weighted by atomic mass is 32.1. The molecule has 4 nitrogen and oxygen atoms in total. The van der Waals surface area contributed by atoms with Gasteiger partial charge in [0.15, 0.2) is 0 Å². The number of aromatic nitrogens is 3. The second-order valence-corrected chi connectivity index (χ2v) is 5.39. The van der Waals surface area contributed by atoms with Crippen molar-refractivity contribution in [1.82, 2.24) is 19.9 Å². The van der Waals surface area contributed by atoms with Crippen LogP contribution in [0.5, 0.6) is 0 Å². The summed E-state index contributed by atoms with van der Waals surface area (Å²) < 4.78 is 2.09. The van der Waals surface area contributed by atoms with E-state index in [0.717, 1.165) is 25.9 Å². The van der Waals surface area contributed by atoms with Gasteiger partial charge in [0.05, 0.1) is 17.0 Å². The van der Waals surface area contributed by atoms with E-state index < -0.39 is 0 Å². The third kappa shape index (κ3) is 3.92. The Morgan fingerprint density at radius 3 is 3.06 bits per heavy atom. The summed E-state index contributed by atoms with van der Waals surface area (Å²) in [6.07, 6.45) is 7.70. The number of hydrogen-bond donors (Lipinski definition) is 1. The minimum atomic E-state index is 0.449. The van der Waals surface area contributed by atoms with Gasteiger partial charge in [-0.1, -0.05) is 6.92 Å². The van der Waals surface area contributed by atoms with Gasteiger partial charge in [0.1, 0.15) is 0 Å². The predicted octanol–water partition coefficient (Wildman–Crippen LogP) is 2.12. The van der Waals surface area contributed by atoms with Crippen molar-refractivity contribution in [3.05, 3.63) is 34.8 Å². The quantitative estimate of drug-likeness (QED) is 0.833. The van der Waals surface area contributed by atoms with E-state index in [0.29, 0.717) is 6.04 Å². The Hall–Kier alpha value is -1.20. The molecule has 0 aromatic carbocycles. The highest BCUT2D eigenvalue weighted by Gasteiger charge is 2.04. The molecule has 0 aliphatic rings. The molecule has 0 fully saturated rings. The largest absolute Gasteiger partial charge is 0.336 e. The zero-order valence-electron chi connectivity index (χ0n) is 11.0.